The highest BCUT2D eigenvalue weighted by Gasteiger charge is 2.45. The number of nitrogens with one attached hydrogen (secondary N) is 1. The van der Waals surface area contributed by atoms with Crippen molar-refractivity contribution in [1.82, 2.24) is 5.32 Å². The number of Topliss-reactive ketones (excluding diaryl/α,β-unsaturated/α-hetero) is 1. The fourth-order valence-corrected chi connectivity index (χ4v) is 3.63. The van der Waals surface area contributed by atoms with Crippen LogP contribution in [0.2, 0.25) is 0 Å². The quantitative estimate of drug-likeness (QED) is 0.781. The number of aliphatic hydroxyl groups is 1. The normalized spacial score (nSPS) is 24.7. The Bertz CT molecular complexity index is 723. The summed E-state index contributed by atoms with van der Waals surface area (Å²) in [6.07, 6.45) is 5.47. The fourth-order valence-electron chi connectivity index (χ4n) is 3.63. The molecule has 146 valence electrons. The Hall–Kier alpha value is -2.12. The summed E-state index contributed by atoms with van der Waals surface area (Å²) in [5.41, 5.74) is 1.57. The van der Waals surface area contributed by atoms with Gasteiger partial charge >= 0.3 is 0 Å². The summed E-state index contributed by atoms with van der Waals surface area (Å²) < 4.78 is 0. The highest BCUT2D eigenvalue weighted by molar-refractivity contribution is 5.91. The van der Waals surface area contributed by atoms with Gasteiger partial charge in [0.1, 0.15) is 5.78 Å². The van der Waals surface area contributed by atoms with Gasteiger partial charge in [-0.1, -0.05) is 45.7 Å². The summed E-state index contributed by atoms with van der Waals surface area (Å²) in [7, 11) is 0. The number of aliphatic hydroxyl groups excluding tert-OH is 1. The van der Waals surface area contributed by atoms with E-state index >= 15 is 0 Å². The Kier molecular flexibility index (Phi) is 6.49. The second-order valence-electron chi connectivity index (χ2n) is 8.82. The monoisotopic (exact) mass is 369 g/mol. The second kappa shape index (κ2) is 8.27. The first-order valence-corrected chi connectivity index (χ1v) is 9.63. The first kappa shape index (κ1) is 21.2. The number of rotatable bonds is 5. The Balaban J connectivity index is 2.10. The lowest BCUT2D eigenvalue weighted by Gasteiger charge is -2.30. The summed E-state index contributed by atoms with van der Waals surface area (Å²) in [6, 6.07) is 7.28. The molecule has 0 aromatic heterocycles. The molecule has 5 atom stereocenters. The third-order valence-corrected chi connectivity index (χ3v) is 5.90. The number of hydrogen-bond acceptors (Lipinski definition) is 3. The summed E-state index contributed by atoms with van der Waals surface area (Å²) in [6.45, 7) is 9.90. The Labute approximate surface area is 162 Å². The van der Waals surface area contributed by atoms with Crippen molar-refractivity contribution in [2.24, 2.45) is 23.2 Å². The van der Waals surface area contributed by atoms with Crippen molar-refractivity contribution in [3.05, 3.63) is 35.4 Å². The maximum absolute atomic E-state index is 13.0. The molecular formula is C23H31NO3. The van der Waals surface area contributed by atoms with Crippen molar-refractivity contribution in [2.45, 2.75) is 59.6 Å². The van der Waals surface area contributed by atoms with E-state index in [0.717, 1.165) is 11.1 Å². The molecule has 2 N–H and O–H groups in total. The van der Waals surface area contributed by atoms with Crippen LogP contribution in [0.1, 0.15) is 64.6 Å². The van der Waals surface area contributed by atoms with E-state index in [2.05, 4.69) is 11.2 Å². The molecule has 1 unspecified atom stereocenters. The zero-order chi connectivity index (χ0) is 20.4. The molecule has 1 aliphatic carbocycles. The molecule has 0 bridgehead atoms. The molecule has 4 heteroatoms. The van der Waals surface area contributed by atoms with Gasteiger partial charge in [-0.3, -0.25) is 9.59 Å². The van der Waals surface area contributed by atoms with E-state index in [4.69, 9.17) is 6.42 Å². The van der Waals surface area contributed by atoms with Crippen LogP contribution < -0.4 is 5.32 Å². The minimum Gasteiger partial charge on any atom is -0.393 e. The van der Waals surface area contributed by atoms with E-state index in [0.29, 0.717) is 12.8 Å². The number of carbonyl (C=O) groups excluding carboxylic acids is 2. The van der Waals surface area contributed by atoms with Crippen LogP contribution in [-0.2, 0) is 9.59 Å². The predicted octanol–water partition coefficient (Wildman–Crippen LogP) is 3.48. The molecule has 0 spiro atoms. The molecule has 0 heterocycles. The van der Waals surface area contributed by atoms with Gasteiger partial charge in [-0.15, -0.1) is 6.42 Å². The van der Waals surface area contributed by atoms with Crippen LogP contribution >= 0.6 is 0 Å². The van der Waals surface area contributed by atoms with E-state index < -0.39 is 17.9 Å². The minimum atomic E-state index is -0.605. The average molecular weight is 370 g/mol. The third-order valence-electron chi connectivity index (χ3n) is 5.90. The van der Waals surface area contributed by atoms with Crippen molar-refractivity contribution in [2.75, 3.05) is 0 Å². The fraction of sp³-hybridized carbons (Fsp3) is 0.565. The van der Waals surface area contributed by atoms with Gasteiger partial charge in [0.25, 0.3) is 0 Å². The van der Waals surface area contributed by atoms with Gasteiger partial charge in [0.2, 0.25) is 5.91 Å². The van der Waals surface area contributed by atoms with Crippen LogP contribution in [0, 0.1) is 35.5 Å². The van der Waals surface area contributed by atoms with E-state index in [1.165, 1.54) is 0 Å². The van der Waals surface area contributed by atoms with Crippen molar-refractivity contribution in [3.8, 4) is 12.3 Å². The first-order chi connectivity index (χ1) is 12.5. The maximum Gasteiger partial charge on any atom is 0.224 e. The lowest BCUT2D eigenvalue weighted by molar-refractivity contribution is -0.136. The highest BCUT2D eigenvalue weighted by atomic mass is 16.3. The van der Waals surface area contributed by atoms with Crippen LogP contribution in [0.15, 0.2) is 24.3 Å². The zero-order valence-electron chi connectivity index (χ0n) is 17.0. The van der Waals surface area contributed by atoms with Crippen molar-refractivity contribution < 1.29 is 14.7 Å². The zero-order valence-corrected chi connectivity index (χ0v) is 17.0. The highest BCUT2D eigenvalue weighted by Crippen LogP contribution is 2.38. The molecule has 1 amide bonds. The molecule has 1 aromatic carbocycles. The molecular weight excluding hydrogens is 338 g/mol. The SMILES string of the molecule is C#Cc1ccc([C@H](C)NC(=O)[C@@H]2C[C@@H](O)CC2C(=O)[C@@H](C)C(C)(C)C)cc1. The van der Waals surface area contributed by atoms with Gasteiger partial charge in [-0.2, -0.15) is 0 Å². The van der Waals surface area contributed by atoms with Crippen molar-refractivity contribution in [1.29, 1.82) is 0 Å². The van der Waals surface area contributed by atoms with Crippen LogP contribution in [0.5, 0.6) is 0 Å². The molecule has 27 heavy (non-hydrogen) atoms. The Morgan fingerprint density at radius 2 is 1.70 bits per heavy atom. The van der Waals surface area contributed by atoms with Crippen molar-refractivity contribution in [3.63, 3.8) is 0 Å². The molecule has 0 radical (unpaired) electrons. The summed E-state index contributed by atoms with van der Waals surface area (Å²) in [5.74, 6) is 1.40. The van der Waals surface area contributed by atoms with Gasteiger partial charge in [-0.05, 0) is 42.9 Å². The van der Waals surface area contributed by atoms with Gasteiger partial charge in [0.15, 0.2) is 0 Å². The van der Waals surface area contributed by atoms with Crippen LogP contribution in [0.4, 0.5) is 0 Å². The van der Waals surface area contributed by atoms with E-state index in [1.54, 1.807) is 0 Å². The summed E-state index contributed by atoms with van der Waals surface area (Å²) in [5, 5.41) is 13.1. The lowest BCUT2D eigenvalue weighted by atomic mass is 9.74. The molecule has 1 fully saturated rings. The third kappa shape index (κ3) is 4.99. The molecule has 1 saturated carbocycles. The van der Waals surface area contributed by atoms with Crippen molar-refractivity contribution >= 4 is 11.7 Å². The molecule has 0 saturated heterocycles. The largest absolute Gasteiger partial charge is 0.393 e. The van der Waals surface area contributed by atoms with Crippen LogP contribution in [0.3, 0.4) is 0 Å². The first-order valence-electron chi connectivity index (χ1n) is 9.63. The number of terminal acetylenes is 1. The summed E-state index contributed by atoms with van der Waals surface area (Å²) in [4.78, 5) is 25.8. The minimum absolute atomic E-state index is 0.0743. The van der Waals surface area contributed by atoms with Gasteiger partial charge in [0, 0.05) is 17.4 Å². The van der Waals surface area contributed by atoms with Crippen LogP contribution in [-0.4, -0.2) is 22.9 Å². The topological polar surface area (TPSA) is 66.4 Å². The van der Waals surface area contributed by atoms with E-state index in [9.17, 15) is 14.7 Å². The lowest BCUT2D eigenvalue weighted by Crippen LogP contribution is -2.39. The van der Waals surface area contributed by atoms with Crippen LogP contribution in [0.25, 0.3) is 0 Å². The summed E-state index contributed by atoms with van der Waals surface area (Å²) >= 11 is 0. The van der Waals surface area contributed by atoms with Gasteiger partial charge in [-0.25, -0.2) is 0 Å². The average Bonchev–Trinajstić information content (AvgIpc) is 3.01. The Morgan fingerprint density at radius 3 is 2.22 bits per heavy atom. The second-order valence-corrected chi connectivity index (χ2v) is 8.82. The van der Waals surface area contributed by atoms with E-state index in [1.807, 2.05) is 58.9 Å². The molecule has 2 rings (SSSR count). The number of amides is 1. The Morgan fingerprint density at radius 1 is 1.15 bits per heavy atom. The van der Waals surface area contributed by atoms with Gasteiger partial charge < -0.3 is 10.4 Å². The standard InChI is InChI=1S/C23H31NO3/c1-7-16-8-10-17(11-9-16)15(3)24-22(27)20-13-18(25)12-19(20)21(26)14(2)23(4,5)6/h1,8-11,14-15,18-20,25H,12-13H2,2-6H3,(H,24,27)/t14-,15+,18+,19?,20-/m1/s1. The number of carbonyl (C=O) groups is 2. The number of benzene rings is 1. The molecule has 1 aliphatic rings. The predicted molar refractivity (Wildman–Crippen MR) is 107 cm³/mol. The molecule has 1 aromatic rings. The van der Waals surface area contributed by atoms with E-state index in [-0.39, 0.29) is 29.1 Å². The molecule has 4 nitrogen and oxygen atoms in total. The number of ketones is 1. The number of hydrogen-bond donors (Lipinski definition) is 2. The van der Waals surface area contributed by atoms with Gasteiger partial charge in [0.05, 0.1) is 18.1 Å². The smallest absolute Gasteiger partial charge is 0.224 e. The maximum atomic E-state index is 13.0. The molecule has 0 aliphatic heterocycles.